The Morgan fingerprint density at radius 1 is 1.42 bits per heavy atom. The molecule has 0 fully saturated rings. The lowest BCUT2D eigenvalue weighted by Crippen LogP contribution is -2.31. The number of amides is 1. The average molecular weight is 333 g/mol. The van der Waals surface area contributed by atoms with Crippen molar-refractivity contribution in [2.45, 2.75) is 20.8 Å². The fraction of sp³-hybridized carbons (Fsp3) is 0.375. The molecule has 128 valence electrons. The number of ether oxygens (including phenoxy) is 1. The third-order valence-corrected chi connectivity index (χ3v) is 3.29. The molecule has 0 atom stereocenters. The van der Waals surface area contributed by atoms with Gasteiger partial charge in [0, 0.05) is 19.2 Å². The smallest absolute Gasteiger partial charge is 0.315 e. The predicted octanol–water partition coefficient (Wildman–Crippen LogP) is 2.47. The lowest BCUT2D eigenvalue weighted by Gasteiger charge is -2.17. The standard InChI is InChI=1S/C16H19N3O5/c1-4-18(5-2)16(21)12(10-17)7-11-8-13(19(22)23)15(20)14(9-11)24-6-3/h7-9,20H,4-6H2,1-3H3/b12-7+. The van der Waals surface area contributed by atoms with Crippen LogP contribution in [0.3, 0.4) is 0 Å². The van der Waals surface area contributed by atoms with Gasteiger partial charge in [-0.1, -0.05) is 0 Å². The second-order valence-corrected chi connectivity index (χ2v) is 4.72. The third kappa shape index (κ3) is 4.23. The summed E-state index contributed by atoms with van der Waals surface area (Å²) in [5.41, 5.74) is -0.485. The number of likely N-dealkylation sites (N-methyl/N-ethyl adjacent to an activating group) is 1. The van der Waals surface area contributed by atoms with E-state index < -0.39 is 22.3 Å². The molecule has 0 aliphatic heterocycles. The number of nitro groups is 1. The van der Waals surface area contributed by atoms with E-state index in [1.807, 2.05) is 6.07 Å². The SMILES string of the molecule is CCOc1cc(/C=C(\C#N)C(=O)N(CC)CC)cc([N+](=O)[O-])c1O. The predicted molar refractivity (Wildman–Crippen MR) is 87.4 cm³/mol. The Bertz CT molecular complexity index is 702. The second-order valence-electron chi connectivity index (χ2n) is 4.72. The Morgan fingerprint density at radius 3 is 2.50 bits per heavy atom. The van der Waals surface area contributed by atoms with E-state index >= 15 is 0 Å². The van der Waals surface area contributed by atoms with Crippen LogP contribution in [-0.2, 0) is 4.79 Å². The molecule has 24 heavy (non-hydrogen) atoms. The van der Waals surface area contributed by atoms with Crippen LogP contribution in [0.25, 0.3) is 6.08 Å². The lowest BCUT2D eigenvalue weighted by atomic mass is 10.1. The molecule has 0 saturated carbocycles. The highest BCUT2D eigenvalue weighted by molar-refractivity contribution is 6.01. The van der Waals surface area contributed by atoms with E-state index in [-0.39, 0.29) is 23.5 Å². The van der Waals surface area contributed by atoms with Gasteiger partial charge in [-0.3, -0.25) is 14.9 Å². The number of rotatable bonds is 7. The van der Waals surface area contributed by atoms with Crippen molar-refractivity contribution in [3.8, 4) is 17.6 Å². The molecule has 0 saturated heterocycles. The molecule has 0 unspecified atom stereocenters. The number of phenolic OH excluding ortho intramolecular Hbond substituents is 1. The van der Waals surface area contributed by atoms with Crippen molar-refractivity contribution in [3.05, 3.63) is 33.4 Å². The van der Waals surface area contributed by atoms with Crippen molar-refractivity contribution in [2.75, 3.05) is 19.7 Å². The molecule has 0 aliphatic rings. The number of nitrogens with zero attached hydrogens (tertiary/aromatic N) is 3. The van der Waals surface area contributed by atoms with Crippen LogP contribution in [0.1, 0.15) is 26.3 Å². The molecule has 0 heterocycles. The summed E-state index contributed by atoms with van der Waals surface area (Å²) in [6.07, 6.45) is 1.25. The number of hydrogen-bond donors (Lipinski definition) is 1. The van der Waals surface area contributed by atoms with E-state index in [9.17, 15) is 25.3 Å². The molecule has 8 nitrogen and oxygen atoms in total. The fourth-order valence-corrected chi connectivity index (χ4v) is 2.09. The Morgan fingerprint density at radius 2 is 2.04 bits per heavy atom. The van der Waals surface area contributed by atoms with Crippen molar-refractivity contribution in [1.82, 2.24) is 4.90 Å². The van der Waals surface area contributed by atoms with E-state index in [0.29, 0.717) is 13.1 Å². The van der Waals surface area contributed by atoms with Gasteiger partial charge < -0.3 is 14.7 Å². The lowest BCUT2D eigenvalue weighted by molar-refractivity contribution is -0.386. The number of hydrogen-bond acceptors (Lipinski definition) is 6. The maximum atomic E-state index is 12.3. The number of phenols is 1. The Labute approximate surface area is 139 Å². The monoisotopic (exact) mass is 333 g/mol. The van der Waals surface area contributed by atoms with Gasteiger partial charge in [-0.2, -0.15) is 5.26 Å². The first-order chi connectivity index (χ1) is 11.4. The van der Waals surface area contributed by atoms with Crippen LogP contribution in [0, 0.1) is 21.4 Å². The van der Waals surface area contributed by atoms with Gasteiger partial charge in [-0.05, 0) is 38.5 Å². The number of aromatic hydroxyl groups is 1. The Hall–Kier alpha value is -3.08. The molecule has 1 aromatic rings. The summed E-state index contributed by atoms with van der Waals surface area (Å²) < 4.78 is 5.17. The quantitative estimate of drug-likeness (QED) is 0.354. The minimum Gasteiger partial charge on any atom is -0.500 e. The zero-order valence-corrected chi connectivity index (χ0v) is 13.8. The zero-order chi connectivity index (χ0) is 18.3. The van der Waals surface area contributed by atoms with Crippen molar-refractivity contribution in [3.63, 3.8) is 0 Å². The maximum absolute atomic E-state index is 12.3. The summed E-state index contributed by atoms with van der Waals surface area (Å²) in [6, 6.07) is 4.24. The van der Waals surface area contributed by atoms with Gasteiger partial charge in [-0.25, -0.2) is 0 Å². The minimum absolute atomic E-state index is 0.0782. The number of carbonyl (C=O) groups is 1. The zero-order valence-electron chi connectivity index (χ0n) is 13.8. The van der Waals surface area contributed by atoms with Gasteiger partial charge >= 0.3 is 5.69 Å². The summed E-state index contributed by atoms with van der Waals surface area (Å²) in [5, 5.41) is 30.1. The van der Waals surface area contributed by atoms with E-state index in [2.05, 4.69) is 0 Å². The van der Waals surface area contributed by atoms with Crippen LogP contribution in [0.15, 0.2) is 17.7 Å². The average Bonchev–Trinajstić information content (AvgIpc) is 2.56. The highest BCUT2D eigenvalue weighted by Crippen LogP contribution is 2.37. The first kappa shape index (κ1) is 19.0. The van der Waals surface area contributed by atoms with E-state index in [1.165, 1.54) is 17.0 Å². The molecule has 8 heteroatoms. The Kier molecular flexibility index (Phi) is 6.74. The summed E-state index contributed by atoms with van der Waals surface area (Å²) >= 11 is 0. The molecule has 1 amide bonds. The van der Waals surface area contributed by atoms with Gasteiger partial charge in [0.15, 0.2) is 5.75 Å². The normalized spacial score (nSPS) is 10.8. The number of carbonyl (C=O) groups excluding carboxylic acids is 1. The molecule has 0 aromatic heterocycles. The van der Waals surface area contributed by atoms with Crippen LogP contribution in [0.5, 0.6) is 11.5 Å². The van der Waals surface area contributed by atoms with Crippen LogP contribution in [0.4, 0.5) is 5.69 Å². The fourth-order valence-electron chi connectivity index (χ4n) is 2.09. The molecule has 1 rings (SSSR count). The molecular formula is C16H19N3O5. The van der Waals surface area contributed by atoms with Crippen LogP contribution >= 0.6 is 0 Å². The van der Waals surface area contributed by atoms with Gasteiger partial charge in [0.05, 0.1) is 11.5 Å². The van der Waals surface area contributed by atoms with E-state index in [1.54, 1.807) is 20.8 Å². The first-order valence-electron chi connectivity index (χ1n) is 7.44. The van der Waals surface area contributed by atoms with Crippen molar-refractivity contribution in [1.29, 1.82) is 5.26 Å². The summed E-state index contributed by atoms with van der Waals surface area (Å²) in [5.74, 6) is -1.13. The van der Waals surface area contributed by atoms with Gasteiger partial charge in [0.2, 0.25) is 5.75 Å². The van der Waals surface area contributed by atoms with Crippen molar-refractivity contribution >= 4 is 17.7 Å². The first-order valence-corrected chi connectivity index (χ1v) is 7.44. The number of nitro benzene ring substituents is 1. The highest BCUT2D eigenvalue weighted by Gasteiger charge is 2.21. The molecule has 0 spiro atoms. The molecule has 0 aliphatic carbocycles. The molecule has 1 aromatic carbocycles. The highest BCUT2D eigenvalue weighted by atomic mass is 16.6. The second kappa shape index (κ2) is 8.53. The van der Waals surface area contributed by atoms with Gasteiger partial charge in [-0.15, -0.1) is 0 Å². The summed E-state index contributed by atoms with van der Waals surface area (Å²) in [7, 11) is 0. The Balaban J connectivity index is 3.41. The van der Waals surface area contributed by atoms with Crippen LogP contribution in [0.2, 0.25) is 0 Å². The van der Waals surface area contributed by atoms with Gasteiger partial charge in [0.25, 0.3) is 5.91 Å². The maximum Gasteiger partial charge on any atom is 0.315 e. The minimum atomic E-state index is -0.756. The van der Waals surface area contributed by atoms with Crippen molar-refractivity contribution in [2.24, 2.45) is 0 Å². The van der Waals surface area contributed by atoms with E-state index in [0.717, 1.165) is 6.07 Å². The third-order valence-electron chi connectivity index (χ3n) is 3.29. The van der Waals surface area contributed by atoms with Crippen molar-refractivity contribution < 1.29 is 19.6 Å². The summed E-state index contributed by atoms with van der Waals surface area (Å²) in [6.45, 7) is 6.31. The van der Waals surface area contributed by atoms with Crippen LogP contribution in [-0.4, -0.2) is 40.5 Å². The molecule has 0 radical (unpaired) electrons. The summed E-state index contributed by atoms with van der Waals surface area (Å²) in [4.78, 5) is 24.0. The largest absolute Gasteiger partial charge is 0.500 e. The topological polar surface area (TPSA) is 117 Å². The number of nitriles is 1. The molecular weight excluding hydrogens is 314 g/mol. The van der Waals surface area contributed by atoms with Gasteiger partial charge in [0.1, 0.15) is 11.6 Å². The van der Waals surface area contributed by atoms with E-state index in [4.69, 9.17) is 4.74 Å². The molecule has 0 bridgehead atoms. The molecule has 1 N–H and O–H groups in total. The van der Waals surface area contributed by atoms with Crippen LogP contribution < -0.4 is 4.74 Å². The number of benzene rings is 1.